The van der Waals surface area contributed by atoms with E-state index in [2.05, 4.69) is 4.90 Å². The van der Waals surface area contributed by atoms with Crippen LogP contribution in [0.4, 0.5) is 10.8 Å². The molecule has 30 heavy (non-hydrogen) atoms. The SMILES string of the molecule is COC(=O)C1=C(C(=O)OC)N(c2ccc3nc(N4CCOCC4)sc3c2)C=CC=C1. The van der Waals surface area contributed by atoms with Gasteiger partial charge in [0.2, 0.25) is 0 Å². The van der Waals surface area contributed by atoms with Crippen LogP contribution in [0.5, 0.6) is 0 Å². The van der Waals surface area contributed by atoms with Crippen molar-refractivity contribution in [1.29, 1.82) is 0 Å². The molecule has 4 rings (SSSR count). The van der Waals surface area contributed by atoms with Crippen molar-refractivity contribution in [2.24, 2.45) is 0 Å². The summed E-state index contributed by atoms with van der Waals surface area (Å²) < 4.78 is 16.2. The molecule has 8 nitrogen and oxygen atoms in total. The maximum atomic E-state index is 12.6. The van der Waals surface area contributed by atoms with Gasteiger partial charge >= 0.3 is 11.9 Å². The molecule has 0 amide bonds. The molecule has 2 aliphatic heterocycles. The largest absolute Gasteiger partial charge is 0.465 e. The molecule has 1 aromatic carbocycles. The number of hydrogen-bond acceptors (Lipinski definition) is 9. The second-order valence-electron chi connectivity index (χ2n) is 6.56. The molecule has 3 heterocycles. The van der Waals surface area contributed by atoms with Crippen LogP contribution in [0.25, 0.3) is 10.2 Å². The number of methoxy groups -OCH3 is 2. The summed E-state index contributed by atoms with van der Waals surface area (Å²) in [5.41, 5.74) is 1.79. The number of fused-ring (bicyclic) bond motifs is 1. The predicted octanol–water partition coefficient (Wildman–Crippen LogP) is 2.62. The second-order valence-corrected chi connectivity index (χ2v) is 7.57. The number of benzene rings is 1. The van der Waals surface area contributed by atoms with Gasteiger partial charge < -0.3 is 24.0 Å². The number of morpholine rings is 1. The Morgan fingerprint density at radius 1 is 1.10 bits per heavy atom. The molecule has 1 saturated heterocycles. The number of thiazole rings is 1. The lowest BCUT2D eigenvalue weighted by molar-refractivity contribution is -0.139. The summed E-state index contributed by atoms with van der Waals surface area (Å²) in [5.74, 6) is -1.25. The van der Waals surface area contributed by atoms with Crippen LogP contribution >= 0.6 is 11.3 Å². The first-order valence-electron chi connectivity index (χ1n) is 9.40. The van der Waals surface area contributed by atoms with Gasteiger partial charge in [0.1, 0.15) is 5.70 Å². The molecule has 2 aliphatic rings. The van der Waals surface area contributed by atoms with E-state index >= 15 is 0 Å². The van der Waals surface area contributed by atoms with Crippen molar-refractivity contribution >= 4 is 44.3 Å². The van der Waals surface area contributed by atoms with Gasteiger partial charge in [-0.3, -0.25) is 0 Å². The van der Waals surface area contributed by atoms with Crippen molar-refractivity contribution < 1.29 is 23.8 Å². The molecule has 0 aliphatic carbocycles. The molecule has 0 atom stereocenters. The third-order valence-electron chi connectivity index (χ3n) is 4.81. The number of esters is 2. The summed E-state index contributed by atoms with van der Waals surface area (Å²) in [6, 6.07) is 5.72. The van der Waals surface area contributed by atoms with E-state index in [-0.39, 0.29) is 11.3 Å². The minimum Gasteiger partial charge on any atom is -0.465 e. The first kappa shape index (κ1) is 20.1. The van der Waals surface area contributed by atoms with Crippen LogP contribution < -0.4 is 9.80 Å². The van der Waals surface area contributed by atoms with Crippen molar-refractivity contribution in [2.75, 3.05) is 50.3 Å². The summed E-state index contributed by atoms with van der Waals surface area (Å²) >= 11 is 1.58. The summed E-state index contributed by atoms with van der Waals surface area (Å²) in [6.45, 7) is 3.00. The van der Waals surface area contributed by atoms with Gasteiger partial charge in [0, 0.05) is 25.0 Å². The van der Waals surface area contributed by atoms with Gasteiger partial charge in [0.25, 0.3) is 0 Å². The van der Waals surface area contributed by atoms with Gasteiger partial charge in [-0.25, -0.2) is 14.6 Å². The molecule has 1 fully saturated rings. The van der Waals surface area contributed by atoms with Crippen molar-refractivity contribution in [3.63, 3.8) is 0 Å². The number of allylic oxidation sites excluding steroid dienone is 2. The smallest absolute Gasteiger partial charge is 0.355 e. The van der Waals surface area contributed by atoms with Crippen LogP contribution in [-0.2, 0) is 23.8 Å². The second kappa shape index (κ2) is 8.68. The molecule has 0 bridgehead atoms. The Labute approximate surface area is 177 Å². The first-order chi connectivity index (χ1) is 14.6. The van der Waals surface area contributed by atoms with Crippen LogP contribution in [0.1, 0.15) is 0 Å². The topological polar surface area (TPSA) is 81.2 Å². The predicted molar refractivity (Wildman–Crippen MR) is 114 cm³/mol. The lowest BCUT2D eigenvalue weighted by Gasteiger charge is -2.25. The highest BCUT2D eigenvalue weighted by Crippen LogP contribution is 2.34. The monoisotopic (exact) mass is 427 g/mol. The highest BCUT2D eigenvalue weighted by atomic mass is 32.1. The average molecular weight is 427 g/mol. The minimum absolute atomic E-state index is 0.0895. The van der Waals surface area contributed by atoms with Gasteiger partial charge in [-0.2, -0.15) is 0 Å². The molecule has 0 unspecified atom stereocenters. The van der Waals surface area contributed by atoms with Crippen molar-refractivity contribution in [3.05, 3.63) is 53.9 Å². The fourth-order valence-electron chi connectivity index (χ4n) is 3.31. The van der Waals surface area contributed by atoms with Crippen molar-refractivity contribution in [3.8, 4) is 0 Å². The highest BCUT2D eigenvalue weighted by Gasteiger charge is 2.27. The van der Waals surface area contributed by atoms with E-state index in [1.165, 1.54) is 20.3 Å². The third-order valence-corrected chi connectivity index (χ3v) is 5.89. The van der Waals surface area contributed by atoms with Gasteiger partial charge in [-0.1, -0.05) is 17.4 Å². The minimum atomic E-state index is -0.634. The number of nitrogens with zero attached hydrogens (tertiary/aromatic N) is 3. The number of aromatic nitrogens is 1. The molecule has 0 spiro atoms. The summed E-state index contributed by atoms with van der Waals surface area (Å²) in [5, 5.41) is 0.942. The van der Waals surface area contributed by atoms with E-state index in [0.717, 1.165) is 28.4 Å². The molecule has 0 saturated carbocycles. The Kier molecular flexibility index (Phi) is 5.82. The van der Waals surface area contributed by atoms with E-state index < -0.39 is 11.9 Å². The fourth-order valence-corrected chi connectivity index (χ4v) is 4.36. The Morgan fingerprint density at radius 3 is 2.60 bits per heavy atom. The maximum Gasteiger partial charge on any atom is 0.355 e. The summed E-state index contributed by atoms with van der Waals surface area (Å²) in [7, 11) is 2.55. The van der Waals surface area contributed by atoms with Crippen LogP contribution in [0.15, 0.2) is 53.9 Å². The van der Waals surface area contributed by atoms with Crippen molar-refractivity contribution in [1.82, 2.24) is 4.98 Å². The number of anilines is 2. The van der Waals surface area contributed by atoms with E-state index in [1.54, 1.807) is 34.6 Å². The molecule has 156 valence electrons. The molecular formula is C21H21N3O5S. The maximum absolute atomic E-state index is 12.6. The van der Waals surface area contributed by atoms with Gasteiger partial charge in [-0.05, 0) is 30.4 Å². The number of carbonyl (C=O) groups is 2. The van der Waals surface area contributed by atoms with Crippen LogP contribution in [-0.4, -0.2) is 57.4 Å². The lowest BCUT2D eigenvalue weighted by atomic mass is 10.1. The third kappa shape index (κ3) is 3.81. The molecule has 2 aromatic rings. The quantitative estimate of drug-likeness (QED) is 0.689. The van der Waals surface area contributed by atoms with Crippen molar-refractivity contribution in [2.45, 2.75) is 0 Å². The Balaban J connectivity index is 1.76. The molecule has 0 N–H and O–H groups in total. The van der Waals surface area contributed by atoms with Gasteiger partial charge in [-0.15, -0.1) is 0 Å². The summed E-state index contributed by atoms with van der Waals surface area (Å²) in [4.78, 5) is 33.5. The molecule has 0 radical (unpaired) electrons. The van der Waals surface area contributed by atoms with Crippen LogP contribution in [0, 0.1) is 0 Å². The zero-order valence-corrected chi connectivity index (χ0v) is 17.5. The lowest BCUT2D eigenvalue weighted by Crippen LogP contribution is -2.36. The molecule has 1 aromatic heterocycles. The number of ether oxygens (including phenoxy) is 3. The van der Waals surface area contributed by atoms with Gasteiger partial charge in [0.05, 0.1) is 43.2 Å². The Morgan fingerprint density at radius 2 is 1.87 bits per heavy atom. The average Bonchev–Trinajstić information content (AvgIpc) is 3.09. The zero-order chi connectivity index (χ0) is 21.1. The van der Waals surface area contributed by atoms with Gasteiger partial charge in [0.15, 0.2) is 5.13 Å². The Bertz CT molecular complexity index is 1070. The summed E-state index contributed by atoms with van der Waals surface area (Å²) in [6.07, 6.45) is 6.67. The zero-order valence-electron chi connectivity index (χ0n) is 16.7. The highest BCUT2D eigenvalue weighted by molar-refractivity contribution is 7.22. The number of hydrogen-bond donors (Lipinski definition) is 0. The molecular weight excluding hydrogens is 406 g/mol. The standard InChI is InChI=1S/C21H21N3O5S/c1-27-19(25)15-5-3-4-8-24(18(15)20(26)28-2)14-6-7-16-17(13-14)30-21(22-16)23-9-11-29-12-10-23/h3-8,13H,9-12H2,1-2H3. The normalized spacial score (nSPS) is 16.7. The van der Waals surface area contributed by atoms with E-state index in [1.807, 2.05) is 18.2 Å². The van der Waals surface area contributed by atoms with E-state index in [4.69, 9.17) is 19.2 Å². The van der Waals surface area contributed by atoms with E-state index in [9.17, 15) is 9.59 Å². The van der Waals surface area contributed by atoms with E-state index in [0.29, 0.717) is 18.9 Å². The fraction of sp³-hybridized carbons (Fsp3) is 0.286. The number of carbonyl (C=O) groups excluding carboxylic acids is 2. The van der Waals surface area contributed by atoms with Crippen LogP contribution in [0.2, 0.25) is 0 Å². The Hall–Kier alpha value is -3.17. The number of rotatable bonds is 4. The first-order valence-corrected chi connectivity index (χ1v) is 10.2. The molecule has 9 heteroatoms. The van der Waals surface area contributed by atoms with Crippen LogP contribution in [0.3, 0.4) is 0 Å².